The van der Waals surface area contributed by atoms with Crippen LogP contribution in [0.1, 0.15) is 0 Å². The van der Waals surface area contributed by atoms with Gasteiger partial charge in [0.1, 0.15) is 11.3 Å². The molecule has 0 saturated carbocycles. The van der Waals surface area contributed by atoms with Gasteiger partial charge < -0.3 is 10.2 Å². The lowest BCUT2D eigenvalue weighted by molar-refractivity contribution is 0.760. The van der Waals surface area contributed by atoms with E-state index < -0.39 is 0 Å². The first-order valence-corrected chi connectivity index (χ1v) is 4.44. The van der Waals surface area contributed by atoms with Crippen molar-refractivity contribution in [2.24, 2.45) is 0 Å². The van der Waals surface area contributed by atoms with Crippen LogP contribution in [0.15, 0.2) is 12.5 Å². The smallest absolute Gasteiger partial charge is 0.150 e. The zero-order valence-electron chi connectivity index (χ0n) is 7.79. The van der Waals surface area contributed by atoms with Crippen molar-refractivity contribution in [1.29, 1.82) is 0 Å². The number of anilines is 1. The summed E-state index contributed by atoms with van der Waals surface area (Å²) in [5.74, 6) is 0.770. The molecule has 72 valence electrons. The van der Waals surface area contributed by atoms with Crippen LogP contribution in [-0.2, 0) is 0 Å². The van der Waals surface area contributed by atoms with Gasteiger partial charge >= 0.3 is 0 Å². The Morgan fingerprint density at radius 2 is 2.38 bits per heavy atom. The summed E-state index contributed by atoms with van der Waals surface area (Å²) < 4.78 is 0. The number of rotatable bonds is 4. The molecule has 1 rings (SSSR count). The summed E-state index contributed by atoms with van der Waals surface area (Å²) in [4.78, 5) is 9.90. The molecular weight excluding hydrogens is 188 g/mol. The third-order valence-corrected chi connectivity index (χ3v) is 1.97. The van der Waals surface area contributed by atoms with Gasteiger partial charge in [0.2, 0.25) is 0 Å². The van der Waals surface area contributed by atoms with Crippen LogP contribution in [0, 0.1) is 0 Å². The molecule has 0 atom stereocenters. The summed E-state index contributed by atoms with van der Waals surface area (Å²) in [6, 6.07) is 0. The maximum atomic E-state index is 5.91. The molecule has 0 bridgehead atoms. The fourth-order valence-corrected chi connectivity index (χ4v) is 1.22. The van der Waals surface area contributed by atoms with Gasteiger partial charge in [0.05, 0.1) is 6.20 Å². The molecular formula is C8H13ClN4. The predicted octanol–water partition coefficient (Wildman–Crippen LogP) is 0.786. The second kappa shape index (κ2) is 4.99. The molecule has 0 aliphatic rings. The van der Waals surface area contributed by atoms with Crippen molar-refractivity contribution in [1.82, 2.24) is 15.3 Å². The highest BCUT2D eigenvalue weighted by atomic mass is 35.5. The number of halogens is 1. The van der Waals surface area contributed by atoms with Gasteiger partial charge in [0.25, 0.3) is 0 Å². The number of nitrogens with zero attached hydrogens (tertiary/aromatic N) is 3. The maximum Gasteiger partial charge on any atom is 0.150 e. The van der Waals surface area contributed by atoms with Crippen molar-refractivity contribution >= 4 is 17.4 Å². The molecule has 1 aromatic rings. The van der Waals surface area contributed by atoms with Crippen LogP contribution in [0.4, 0.5) is 5.82 Å². The Bertz CT molecular complexity index is 266. The molecule has 5 heteroatoms. The van der Waals surface area contributed by atoms with Crippen LogP contribution in [0.3, 0.4) is 0 Å². The molecule has 0 aliphatic heterocycles. The normalized spacial score (nSPS) is 10.1. The second-order valence-corrected chi connectivity index (χ2v) is 3.13. The van der Waals surface area contributed by atoms with Gasteiger partial charge in [-0.3, -0.25) is 0 Å². The Balaban J connectivity index is 2.65. The van der Waals surface area contributed by atoms with Crippen LogP contribution in [0.5, 0.6) is 0 Å². The van der Waals surface area contributed by atoms with E-state index in [4.69, 9.17) is 11.6 Å². The first-order chi connectivity index (χ1) is 6.25. The van der Waals surface area contributed by atoms with Crippen molar-refractivity contribution in [3.63, 3.8) is 0 Å². The van der Waals surface area contributed by atoms with Gasteiger partial charge in [-0.1, -0.05) is 11.6 Å². The molecule has 0 spiro atoms. The number of aromatic nitrogens is 2. The summed E-state index contributed by atoms with van der Waals surface area (Å²) in [7, 11) is 3.86. The third kappa shape index (κ3) is 2.82. The van der Waals surface area contributed by atoms with Gasteiger partial charge in [0, 0.05) is 20.1 Å². The van der Waals surface area contributed by atoms with E-state index in [-0.39, 0.29) is 0 Å². The van der Waals surface area contributed by atoms with Crippen molar-refractivity contribution in [2.45, 2.75) is 0 Å². The molecule has 1 N–H and O–H groups in total. The third-order valence-electron chi connectivity index (χ3n) is 1.71. The molecule has 0 fully saturated rings. The summed E-state index contributed by atoms with van der Waals surface area (Å²) in [6.45, 7) is 1.77. The molecule has 0 unspecified atom stereocenters. The van der Waals surface area contributed by atoms with Crippen molar-refractivity contribution in [2.75, 3.05) is 32.1 Å². The van der Waals surface area contributed by atoms with Crippen molar-refractivity contribution < 1.29 is 0 Å². The van der Waals surface area contributed by atoms with E-state index >= 15 is 0 Å². The quantitative estimate of drug-likeness (QED) is 0.780. The second-order valence-electron chi connectivity index (χ2n) is 2.72. The van der Waals surface area contributed by atoms with E-state index in [1.165, 1.54) is 6.33 Å². The van der Waals surface area contributed by atoms with Crippen LogP contribution < -0.4 is 10.2 Å². The Labute approximate surface area is 82.9 Å². The van der Waals surface area contributed by atoms with Crippen LogP contribution >= 0.6 is 11.6 Å². The lowest BCUT2D eigenvalue weighted by atomic mass is 10.5. The minimum atomic E-state index is 0.584. The highest BCUT2D eigenvalue weighted by Crippen LogP contribution is 2.19. The first kappa shape index (κ1) is 10.2. The molecule has 1 heterocycles. The predicted molar refractivity (Wildman–Crippen MR) is 54.2 cm³/mol. The average Bonchev–Trinajstić information content (AvgIpc) is 2.15. The Kier molecular flexibility index (Phi) is 3.92. The lowest BCUT2D eigenvalue weighted by Crippen LogP contribution is -2.27. The SMILES string of the molecule is CNCCN(C)c1ncncc1Cl. The zero-order chi connectivity index (χ0) is 9.68. The molecule has 1 aromatic heterocycles. The minimum absolute atomic E-state index is 0.584. The molecule has 4 nitrogen and oxygen atoms in total. The van der Waals surface area contributed by atoms with Crippen molar-refractivity contribution in [3.05, 3.63) is 17.5 Å². The van der Waals surface area contributed by atoms with E-state index in [1.54, 1.807) is 6.20 Å². The van der Waals surface area contributed by atoms with Gasteiger partial charge in [-0.15, -0.1) is 0 Å². The molecule has 0 radical (unpaired) electrons. The molecule has 0 saturated heterocycles. The largest absolute Gasteiger partial charge is 0.357 e. The highest BCUT2D eigenvalue weighted by Gasteiger charge is 2.05. The Morgan fingerprint density at radius 3 is 3.00 bits per heavy atom. The van der Waals surface area contributed by atoms with Gasteiger partial charge in [0.15, 0.2) is 5.82 Å². The number of hydrogen-bond donors (Lipinski definition) is 1. The fraction of sp³-hybridized carbons (Fsp3) is 0.500. The fourth-order valence-electron chi connectivity index (χ4n) is 0.972. The van der Waals surface area contributed by atoms with E-state index in [0.717, 1.165) is 18.9 Å². The monoisotopic (exact) mass is 200 g/mol. The highest BCUT2D eigenvalue weighted by molar-refractivity contribution is 6.32. The number of nitrogens with one attached hydrogen (secondary N) is 1. The maximum absolute atomic E-state index is 5.91. The standard InChI is InChI=1S/C8H13ClN4/c1-10-3-4-13(2)8-7(9)5-11-6-12-8/h5-6,10H,3-4H2,1-2H3. The summed E-state index contributed by atoms with van der Waals surface area (Å²) in [5.41, 5.74) is 0. The Morgan fingerprint density at radius 1 is 1.62 bits per heavy atom. The van der Waals surface area contributed by atoms with E-state index in [1.807, 2.05) is 19.0 Å². The van der Waals surface area contributed by atoms with Gasteiger partial charge in [-0.2, -0.15) is 0 Å². The average molecular weight is 201 g/mol. The number of likely N-dealkylation sites (N-methyl/N-ethyl adjacent to an activating group) is 2. The summed E-state index contributed by atoms with van der Waals surface area (Å²) >= 11 is 5.91. The van der Waals surface area contributed by atoms with E-state index in [9.17, 15) is 0 Å². The van der Waals surface area contributed by atoms with Crippen molar-refractivity contribution in [3.8, 4) is 0 Å². The molecule has 0 amide bonds. The minimum Gasteiger partial charge on any atom is -0.357 e. The van der Waals surface area contributed by atoms with Crippen LogP contribution in [-0.4, -0.2) is 37.2 Å². The summed E-state index contributed by atoms with van der Waals surface area (Å²) in [5, 5.41) is 3.64. The molecule has 0 aliphatic carbocycles. The summed E-state index contributed by atoms with van der Waals surface area (Å²) in [6.07, 6.45) is 3.09. The number of hydrogen-bond acceptors (Lipinski definition) is 4. The Hall–Kier alpha value is -0.870. The van der Waals surface area contributed by atoms with Gasteiger partial charge in [-0.05, 0) is 7.05 Å². The van der Waals surface area contributed by atoms with E-state index in [2.05, 4.69) is 15.3 Å². The van der Waals surface area contributed by atoms with E-state index in [0.29, 0.717) is 5.02 Å². The molecule has 13 heavy (non-hydrogen) atoms. The lowest BCUT2D eigenvalue weighted by Gasteiger charge is -2.18. The topological polar surface area (TPSA) is 41.0 Å². The van der Waals surface area contributed by atoms with Gasteiger partial charge in [-0.25, -0.2) is 9.97 Å². The van der Waals surface area contributed by atoms with Crippen LogP contribution in [0.25, 0.3) is 0 Å². The zero-order valence-corrected chi connectivity index (χ0v) is 8.54. The first-order valence-electron chi connectivity index (χ1n) is 4.07. The molecule has 0 aromatic carbocycles. The van der Waals surface area contributed by atoms with Crippen LogP contribution in [0.2, 0.25) is 5.02 Å².